The summed E-state index contributed by atoms with van der Waals surface area (Å²) in [5.74, 6) is -0.187. The van der Waals surface area contributed by atoms with Crippen LogP contribution in [0.4, 0.5) is 5.69 Å². The highest BCUT2D eigenvalue weighted by Crippen LogP contribution is 2.25. The van der Waals surface area contributed by atoms with Crippen molar-refractivity contribution in [1.29, 1.82) is 0 Å². The fourth-order valence-electron chi connectivity index (χ4n) is 3.71. The summed E-state index contributed by atoms with van der Waals surface area (Å²) in [6.45, 7) is 4.36. The predicted octanol–water partition coefficient (Wildman–Crippen LogP) is 1.95. The minimum Gasteiger partial charge on any atom is -0.356 e. The normalized spacial score (nSPS) is 24.6. The first-order chi connectivity index (χ1) is 11.5. The van der Waals surface area contributed by atoms with E-state index in [0.717, 1.165) is 24.2 Å². The summed E-state index contributed by atoms with van der Waals surface area (Å²) in [4.78, 5) is 28.7. The number of carbonyl (C=O) groups excluding carboxylic acids is 2. The molecule has 1 aromatic rings. The van der Waals surface area contributed by atoms with Crippen LogP contribution in [0, 0.1) is 12.8 Å². The van der Waals surface area contributed by atoms with Crippen LogP contribution in [0.2, 0.25) is 0 Å². The number of rotatable bonds is 5. The maximum Gasteiger partial charge on any atom is 0.227 e. The molecule has 2 amide bonds. The summed E-state index contributed by atoms with van der Waals surface area (Å²) < 4.78 is 0. The van der Waals surface area contributed by atoms with Gasteiger partial charge in [-0.2, -0.15) is 0 Å². The van der Waals surface area contributed by atoms with E-state index in [4.69, 9.17) is 0 Å². The predicted molar refractivity (Wildman–Crippen MR) is 94.9 cm³/mol. The topological polar surface area (TPSA) is 52.7 Å². The molecule has 0 saturated carbocycles. The van der Waals surface area contributed by atoms with E-state index in [1.54, 1.807) is 4.90 Å². The molecule has 5 nitrogen and oxygen atoms in total. The standard InChI is InChI=1S/C19H27N3O2/c1-14-5-7-17(8-6-14)22-13-15(12-18(22)23)19(24)20-10-9-16-4-3-11-21(16)2/h5-8,15-16H,3-4,9-13H2,1-2H3,(H,20,24). The third-order valence-electron chi connectivity index (χ3n) is 5.29. The van der Waals surface area contributed by atoms with Crippen LogP contribution in [-0.2, 0) is 9.59 Å². The van der Waals surface area contributed by atoms with Crippen molar-refractivity contribution < 1.29 is 9.59 Å². The number of amides is 2. The molecule has 2 atom stereocenters. The van der Waals surface area contributed by atoms with Gasteiger partial charge in [0.25, 0.3) is 0 Å². The molecular weight excluding hydrogens is 302 g/mol. The van der Waals surface area contributed by atoms with E-state index in [2.05, 4.69) is 17.3 Å². The zero-order valence-corrected chi connectivity index (χ0v) is 14.6. The SMILES string of the molecule is Cc1ccc(N2CC(C(=O)NCCC3CCCN3C)CC2=O)cc1. The number of hydrogen-bond acceptors (Lipinski definition) is 3. The van der Waals surface area contributed by atoms with Gasteiger partial charge in [-0.25, -0.2) is 0 Å². The molecule has 0 aliphatic carbocycles. The Morgan fingerprint density at radius 3 is 2.71 bits per heavy atom. The van der Waals surface area contributed by atoms with Crippen LogP contribution in [0.1, 0.15) is 31.2 Å². The Kier molecular flexibility index (Phi) is 5.19. The van der Waals surface area contributed by atoms with Crippen molar-refractivity contribution in [2.75, 3.05) is 31.6 Å². The lowest BCUT2D eigenvalue weighted by Gasteiger charge is -2.20. The molecule has 2 aliphatic rings. The first-order valence-corrected chi connectivity index (χ1v) is 8.89. The third kappa shape index (κ3) is 3.78. The molecule has 1 N–H and O–H groups in total. The van der Waals surface area contributed by atoms with Crippen molar-refractivity contribution in [3.8, 4) is 0 Å². The summed E-state index contributed by atoms with van der Waals surface area (Å²) in [7, 11) is 2.15. The zero-order chi connectivity index (χ0) is 17.1. The molecule has 2 saturated heterocycles. The summed E-state index contributed by atoms with van der Waals surface area (Å²) in [6, 6.07) is 8.47. The van der Waals surface area contributed by atoms with Crippen LogP contribution in [0.25, 0.3) is 0 Å². The van der Waals surface area contributed by atoms with Crippen LogP contribution < -0.4 is 10.2 Å². The summed E-state index contributed by atoms with van der Waals surface area (Å²) in [5.41, 5.74) is 2.05. The second kappa shape index (κ2) is 7.34. The van der Waals surface area contributed by atoms with Gasteiger partial charge in [0.05, 0.1) is 5.92 Å². The Balaban J connectivity index is 1.49. The van der Waals surface area contributed by atoms with Gasteiger partial charge in [0.15, 0.2) is 0 Å². The maximum atomic E-state index is 12.4. The first kappa shape index (κ1) is 17.0. The molecule has 2 aliphatic heterocycles. The van der Waals surface area contributed by atoms with Gasteiger partial charge in [0, 0.05) is 31.2 Å². The Labute approximate surface area is 144 Å². The van der Waals surface area contributed by atoms with Crippen LogP contribution in [0.3, 0.4) is 0 Å². The second-order valence-corrected chi connectivity index (χ2v) is 7.10. The second-order valence-electron chi connectivity index (χ2n) is 7.10. The van der Waals surface area contributed by atoms with Gasteiger partial charge >= 0.3 is 0 Å². The van der Waals surface area contributed by atoms with Crippen LogP contribution >= 0.6 is 0 Å². The molecule has 0 spiro atoms. The van der Waals surface area contributed by atoms with E-state index >= 15 is 0 Å². The number of nitrogens with zero attached hydrogens (tertiary/aromatic N) is 2. The highest BCUT2D eigenvalue weighted by Gasteiger charge is 2.35. The molecule has 3 rings (SSSR count). The van der Waals surface area contributed by atoms with Gasteiger partial charge in [-0.15, -0.1) is 0 Å². The minimum atomic E-state index is -0.236. The molecule has 1 aromatic carbocycles. The molecule has 2 heterocycles. The highest BCUT2D eigenvalue weighted by molar-refractivity contribution is 6.00. The molecule has 0 radical (unpaired) electrons. The van der Waals surface area contributed by atoms with Crippen molar-refractivity contribution in [2.24, 2.45) is 5.92 Å². The van der Waals surface area contributed by atoms with E-state index in [1.165, 1.54) is 12.8 Å². The third-order valence-corrected chi connectivity index (χ3v) is 5.29. The molecule has 130 valence electrons. The van der Waals surface area contributed by atoms with Crippen molar-refractivity contribution in [3.63, 3.8) is 0 Å². The fraction of sp³-hybridized carbons (Fsp3) is 0.579. The molecule has 2 fully saturated rings. The lowest BCUT2D eigenvalue weighted by molar-refractivity contribution is -0.126. The summed E-state index contributed by atoms with van der Waals surface area (Å²) >= 11 is 0. The monoisotopic (exact) mass is 329 g/mol. The summed E-state index contributed by atoms with van der Waals surface area (Å²) in [5, 5.41) is 3.03. The highest BCUT2D eigenvalue weighted by atomic mass is 16.2. The number of anilines is 1. The van der Waals surface area contributed by atoms with Gasteiger partial charge in [-0.05, 0) is 51.9 Å². The van der Waals surface area contributed by atoms with Crippen LogP contribution in [-0.4, -0.2) is 49.4 Å². The average molecular weight is 329 g/mol. The number of hydrogen-bond donors (Lipinski definition) is 1. The Morgan fingerprint density at radius 1 is 1.29 bits per heavy atom. The van der Waals surface area contributed by atoms with Crippen LogP contribution in [0.15, 0.2) is 24.3 Å². The summed E-state index contributed by atoms with van der Waals surface area (Å²) in [6.07, 6.45) is 3.76. The van der Waals surface area contributed by atoms with E-state index in [9.17, 15) is 9.59 Å². The Bertz CT molecular complexity index is 599. The van der Waals surface area contributed by atoms with Crippen molar-refractivity contribution in [1.82, 2.24) is 10.2 Å². The number of likely N-dealkylation sites (tertiary alicyclic amines) is 1. The van der Waals surface area contributed by atoms with E-state index in [0.29, 0.717) is 25.6 Å². The van der Waals surface area contributed by atoms with Crippen LogP contribution in [0.5, 0.6) is 0 Å². The molecule has 0 aromatic heterocycles. The van der Waals surface area contributed by atoms with Crippen molar-refractivity contribution in [3.05, 3.63) is 29.8 Å². The Hall–Kier alpha value is -1.88. The molecule has 24 heavy (non-hydrogen) atoms. The van der Waals surface area contributed by atoms with Crippen molar-refractivity contribution in [2.45, 2.75) is 38.6 Å². The average Bonchev–Trinajstić information content (AvgIpc) is 3.14. The zero-order valence-electron chi connectivity index (χ0n) is 14.6. The smallest absolute Gasteiger partial charge is 0.227 e. The molecule has 0 bridgehead atoms. The molecule has 2 unspecified atom stereocenters. The van der Waals surface area contributed by atoms with Gasteiger partial charge in [-0.3, -0.25) is 9.59 Å². The number of carbonyl (C=O) groups is 2. The van der Waals surface area contributed by atoms with Crippen molar-refractivity contribution >= 4 is 17.5 Å². The number of aryl methyl sites for hydroxylation is 1. The van der Waals surface area contributed by atoms with E-state index in [1.807, 2.05) is 31.2 Å². The lowest BCUT2D eigenvalue weighted by Crippen LogP contribution is -2.36. The first-order valence-electron chi connectivity index (χ1n) is 8.89. The number of nitrogens with one attached hydrogen (secondary N) is 1. The minimum absolute atomic E-state index is 0.0126. The lowest BCUT2D eigenvalue weighted by atomic mass is 10.1. The fourth-order valence-corrected chi connectivity index (χ4v) is 3.71. The van der Waals surface area contributed by atoms with Gasteiger partial charge in [0.2, 0.25) is 11.8 Å². The molecular formula is C19H27N3O2. The number of benzene rings is 1. The van der Waals surface area contributed by atoms with Gasteiger partial charge in [0.1, 0.15) is 0 Å². The molecule has 5 heteroatoms. The quantitative estimate of drug-likeness (QED) is 0.898. The van der Waals surface area contributed by atoms with Gasteiger partial charge < -0.3 is 15.1 Å². The van der Waals surface area contributed by atoms with Gasteiger partial charge in [-0.1, -0.05) is 17.7 Å². The largest absolute Gasteiger partial charge is 0.356 e. The van der Waals surface area contributed by atoms with E-state index in [-0.39, 0.29) is 17.7 Å². The maximum absolute atomic E-state index is 12.4. The Morgan fingerprint density at radius 2 is 2.04 bits per heavy atom. The van der Waals surface area contributed by atoms with E-state index < -0.39 is 0 Å².